The molecule has 2 aromatic carbocycles. The lowest BCUT2D eigenvalue weighted by molar-refractivity contribution is 0.102. The van der Waals surface area contributed by atoms with Gasteiger partial charge in [0, 0.05) is 10.5 Å². The molecule has 2 aromatic rings. The summed E-state index contributed by atoms with van der Waals surface area (Å²) in [5.41, 5.74) is 2.59. The van der Waals surface area contributed by atoms with Crippen LogP contribution in [0.15, 0.2) is 40.9 Å². The predicted octanol–water partition coefficient (Wildman–Crippen LogP) is 3.89. The van der Waals surface area contributed by atoms with Crippen LogP contribution in [0.5, 0.6) is 5.75 Å². The zero-order valence-electron chi connectivity index (χ0n) is 11.6. The maximum Gasteiger partial charge on any atom is 0.256 e. The van der Waals surface area contributed by atoms with Crippen molar-refractivity contribution in [1.82, 2.24) is 0 Å². The molecule has 0 unspecified atom stereocenters. The molecule has 4 nitrogen and oxygen atoms in total. The van der Waals surface area contributed by atoms with Crippen LogP contribution in [0.2, 0.25) is 0 Å². The molecule has 0 saturated heterocycles. The van der Waals surface area contributed by atoms with E-state index in [2.05, 4.69) is 21.2 Å². The molecule has 0 saturated carbocycles. The van der Waals surface area contributed by atoms with E-state index in [0.717, 1.165) is 10.0 Å². The quantitative estimate of drug-likeness (QED) is 0.918. The number of nitrogens with one attached hydrogen (secondary N) is 1. The fourth-order valence-electron chi connectivity index (χ4n) is 1.86. The van der Waals surface area contributed by atoms with Gasteiger partial charge in [-0.25, -0.2) is 0 Å². The topological polar surface area (TPSA) is 62.1 Å². The van der Waals surface area contributed by atoms with E-state index in [1.807, 2.05) is 25.1 Å². The smallest absolute Gasteiger partial charge is 0.256 e. The van der Waals surface area contributed by atoms with Crippen molar-refractivity contribution >= 4 is 27.5 Å². The first kappa shape index (κ1) is 15.1. The van der Waals surface area contributed by atoms with Gasteiger partial charge in [0.1, 0.15) is 5.75 Å². The number of hydrogen-bond acceptors (Lipinski definition) is 3. The van der Waals surface area contributed by atoms with E-state index in [0.29, 0.717) is 22.6 Å². The highest BCUT2D eigenvalue weighted by atomic mass is 79.9. The van der Waals surface area contributed by atoms with Crippen molar-refractivity contribution in [1.29, 1.82) is 5.26 Å². The third-order valence-electron chi connectivity index (χ3n) is 2.95. The molecule has 0 spiro atoms. The SMILES string of the molecule is COc1cc(C#N)ccc1NC(=O)c1ccc(C)cc1Br. The summed E-state index contributed by atoms with van der Waals surface area (Å²) in [6.45, 7) is 1.95. The molecule has 0 bridgehead atoms. The molecule has 0 heterocycles. The molecular weight excluding hydrogens is 332 g/mol. The Kier molecular flexibility index (Phi) is 4.61. The van der Waals surface area contributed by atoms with Gasteiger partial charge in [-0.05, 0) is 52.7 Å². The number of amides is 1. The maximum atomic E-state index is 12.3. The van der Waals surface area contributed by atoms with Gasteiger partial charge >= 0.3 is 0 Å². The van der Waals surface area contributed by atoms with Crippen LogP contribution in [0.4, 0.5) is 5.69 Å². The van der Waals surface area contributed by atoms with Crippen molar-refractivity contribution in [3.8, 4) is 11.8 Å². The summed E-state index contributed by atoms with van der Waals surface area (Å²) in [5, 5.41) is 11.7. The standard InChI is InChI=1S/C16H13BrN2O2/c1-10-3-5-12(13(17)7-10)16(20)19-14-6-4-11(9-18)8-15(14)21-2/h3-8H,1-2H3,(H,19,20). The van der Waals surface area contributed by atoms with Crippen LogP contribution in [0.25, 0.3) is 0 Å². The Balaban J connectivity index is 2.29. The van der Waals surface area contributed by atoms with Crippen LogP contribution in [-0.2, 0) is 0 Å². The molecule has 0 aliphatic carbocycles. The first-order valence-corrected chi connectivity index (χ1v) is 7.00. The van der Waals surface area contributed by atoms with Crippen LogP contribution in [0, 0.1) is 18.3 Å². The monoisotopic (exact) mass is 344 g/mol. The molecule has 0 fully saturated rings. The lowest BCUT2D eigenvalue weighted by Gasteiger charge is -2.11. The summed E-state index contributed by atoms with van der Waals surface area (Å²) in [6, 6.07) is 12.4. The number of carbonyl (C=O) groups is 1. The van der Waals surface area contributed by atoms with Crippen molar-refractivity contribution in [2.45, 2.75) is 6.92 Å². The molecule has 0 atom stereocenters. The van der Waals surface area contributed by atoms with E-state index >= 15 is 0 Å². The van der Waals surface area contributed by atoms with Crippen LogP contribution in [-0.4, -0.2) is 13.0 Å². The van der Waals surface area contributed by atoms with Gasteiger partial charge in [0.15, 0.2) is 0 Å². The summed E-state index contributed by atoms with van der Waals surface area (Å²) < 4.78 is 5.93. The van der Waals surface area contributed by atoms with Crippen molar-refractivity contribution in [2.75, 3.05) is 12.4 Å². The Morgan fingerprint density at radius 3 is 2.67 bits per heavy atom. The number of ether oxygens (including phenoxy) is 1. The van der Waals surface area contributed by atoms with Gasteiger partial charge in [0.05, 0.1) is 30.0 Å². The predicted molar refractivity (Wildman–Crippen MR) is 84.5 cm³/mol. The van der Waals surface area contributed by atoms with Crippen molar-refractivity contribution < 1.29 is 9.53 Å². The molecule has 1 N–H and O–H groups in total. The van der Waals surface area contributed by atoms with Crippen LogP contribution < -0.4 is 10.1 Å². The number of rotatable bonds is 3. The molecule has 106 valence electrons. The van der Waals surface area contributed by atoms with E-state index in [-0.39, 0.29) is 5.91 Å². The highest BCUT2D eigenvalue weighted by Gasteiger charge is 2.13. The zero-order chi connectivity index (χ0) is 15.4. The minimum absolute atomic E-state index is 0.245. The zero-order valence-corrected chi connectivity index (χ0v) is 13.2. The average Bonchev–Trinajstić information content (AvgIpc) is 2.47. The Morgan fingerprint density at radius 1 is 1.29 bits per heavy atom. The lowest BCUT2D eigenvalue weighted by atomic mass is 10.1. The second kappa shape index (κ2) is 6.42. The first-order valence-electron chi connectivity index (χ1n) is 6.21. The minimum atomic E-state index is -0.245. The number of aryl methyl sites for hydroxylation is 1. The molecule has 1 amide bonds. The first-order chi connectivity index (χ1) is 10.0. The van der Waals surface area contributed by atoms with Crippen molar-refractivity contribution in [3.63, 3.8) is 0 Å². The number of nitriles is 1. The third kappa shape index (κ3) is 3.41. The number of nitrogens with zero attached hydrogens (tertiary/aromatic N) is 1. The van der Waals surface area contributed by atoms with E-state index in [1.165, 1.54) is 7.11 Å². The van der Waals surface area contributed by atoms with Gasteiger partial charge in [-0.2, -0.15) is 5.26 Å². The molecule has 21 heavy (non-hydrogen) atoms. The van der Waals surface area contributed by atoms with Gasteiger partial charge in [-0.15, -0.1) is 0 Å². The van der Waals surface area contributed by atoms with Crippen LogP contribution >= 0.6 is 15.9 Å². The highest BCUT2D eigenvalue weighted by molar-refractivity contribution is 9.10. The molecular formula is C16H13BrN2O2. The van der Waals surface area contributed by atoms with Gasteiger partial charge in [0.2, 0.25) is 0 Å². The Hall–Kier alpha value is -2.32. The molecule has 2 rings (SSSR count). The van der Waals surface area contributed by atoms with E-state index in [1.54, 1.807) is 24.3 Å². The number of anilines is 1. The summed E-state index contributed by atoms with van der Waals surface area (Å²) in [5.74, 6) is 0.204. The van der Waals surface area contributed by atoms with Crippen molar-refractivity contribution in [2.24, 2.45) is 0 Å². The van der Waals surface area contributed by atoms with E-state index in [4.69, 9.17) is 10.00 Å². The normalized spacial score (nSPS) is 9.81. The number of halogens is 1. The number of methoxy groups -OCH3 is 1. The maximum absolute atomic E-state index is 12.3. The minimum Gasteiger partial charge on any atom is -0.495 e. The molecule has 0 aromatic heterocycles. The second-order valence-corrected chi connectivity index (χ2v) is 5.32. The van der Waals surface area contributed by atoms with Gasteiger partial charge < -0.3 is 10.1 Å². The van der Waals surface area contributed by atoms with Crippen LogP contribution in [0.1, 0.15) is 21.5 Å². The number of hydrogen-bond donors (Lipinski definition) is 1. The fraction of sp³-hybridized carbons (Fsp3) is 0.125. The third-order valence-corrected chi connectivity index (χ3v) is 3.60. The fourth-order valence-corrected chi connectivity index (χ4v) is 2.53. The van der Waals surface area contributed by atoms with E-state index < -0.39 is 0 Å². The number of carbonyl (C=O) groups excluding carboxylic acids is 1. The van der Waals surface area contributed by atoms with Crippen LogP contribution in [0.3, 0.4) is 0 Å². The summed E-state index contributed by atoms with van der Waals surface area (Å²) in [6.07, 6.45) is 0. The van der Waals surface area contributed by atoms with Gasteiger partial charge in [0.25, 0.3) is 5.91 Å². The van der Waals surface area contributed by atoms with E-state index in [9.17, 15) is 4.79 Å². The number of benzene rings is 2. The van der Waals surface area contributed by atoms with Crippen molar-refractivity contribution in [3.05, 3.63) is 57.6 Å². The molecule has 5 heteroatoms. The summed E-state index contributed by atoms with van der Waals surface area (Å²) in [4.78, 5) is 12.3. The Morgan fingerprint density at radius 2 is 2.05 bits per heavy atom. The van der Waals surface area contributed by atoms with Gasteiger partial charge in [-0.3, -0.25) is 4.79 Å². The largest absolute Gasteiger partial charge is 0.495 e. The summed E-state index contributed by atoms with van der Waals surface area (Å²) >= 11 is 3.38. The molecule has 0 aliphatic rings. The lowest BCUT2D eigenvalue weighted by Crippen LogP contribution is -2.13. The molecule has 0 radical (unpaired) electrons. The Labute approximate surface area is 131 Å². The Bertz CT molecular complexity index is 736. The second-order valence-electron chi connectivity index (χ2n) is 4.46. The highest BCUT2D eigenvalue weighted by Crippen LogP contribution is 2.27. The molecule has 0 aliphatic heterocycles. The summed E-state index contributed by atoms with van der Waals surface area (Å²) in [7, 11) is 1.49. The average molecular weight is 345 g/mol. The van der Waals surface area contributed by atoms with Gasteiger partial charge in [-0.1, -0.05) is 6.07 Å².